The van der Waals surface area contributed by atoms with E-state index in [1.54, 1.807) is 0 Å². The van der Waals surface area contributed by atoms with E-state index in [9.17, 15) is 0 Å². The van der Waals surface area contributed by atoms with Crippen molar-refractivity contribution in [3.8, 4) is 22.3 Å². The van der Waals surface area contributed by atoms with Crippen molar-refractivity contribution in [2.24, 2.45) is 0 Å². The van der Waals surface area contributed by atoms with E-state index >= 15 is 0 Å². The van der Waals surface area contributed by atoms with Crippen molar-refractivity contribution in [1.82, 2.24) is 0 Å². The fraction of sp³-hybridized carbons (Fsp3) is 0. The van der Waals surface area contributed by atoms with Crippen LogP contribution in [0.15, 0.2) is 218 Å². The van der Waals surface area contributed by atoms with Gasteiger partial charge in [-0.05, 0) is 113 Å². The Hall–Kier alpha value is -6.98. The predicted molar refractivity (Wildman–Crippen MR) is 252 cm³/mol. The lowest BCUT2D eigenvalue weighted by Gasteiger charge is -2.26. The van der Waals surface area contributed by atoms with Gasteiger partial charge in [-0.2, -0.15) is 0 Å². The van der Waals surface area contributed by atoms with E-state index in [-0.39, 0.29) is 0 Å². The first-order valence-corrected chi connectivity index (χ1v) is 21.2. The number of hydrogen-bond acceptors (Lipinski definition) is 4. The molecule has 11 aromatic rings. The highest BCUT2D eigenvalue weighted by molar-refractivity contribution is 7.26. The molecule has 2 nitrogen and oxygen atoms in total. The Kier molecular flexibility index (Phi) is 8.58. The number of anilines is 6. The Morgan fingerprint density at radius 3 is 1.05 bits per heavy atom. The van der Waals surface area contributed by atoms with Gasteiger partial charge in [0.15, 0.2) is 0 Å². The van der Waals surface area contributed by atoms with Gasteiger partial charge < -0.3 is 9.80 Å². The third kappa shape index (κ3) is 6.20. The van der Waals surface area contributed by atoms with Crippen molar-refractivity contribution in [1.29, 1.82) is 0 Å². The molecule has 9 aromatic carbocycles. The molecule has 2 aromatic heterocycles. The van der Waals surface area contributed by atoms with Crippen LogP contribution in [0.5, 0.6) is 0 Å². The predicted octanol–water partition coefficient (Wildman–Crippen LogP) is 16.7. The second kappa shape index (κ2) is 14.5. The van der Waals surface area contributed by atoms with Crippen molar-refractivity contribution in [3.63, 3.8) is 0 Å². The number of hydrogen-bond donors (Lipinski definition) is 0. The monoisotopic (exact) mass is 776 g/mol. The highest BCUT2D eigenvalue weighted by Crippen LogP contribution is 2.43. The van der Waals surface area contributed by atoms with E-state index in [0.29, 0.717) is 0 Å². The molecule has 2 heterocycles. The van der Waals surface area contributed by atoms with Crippen LogP contribution in [0.4, 0.5) is 34.1 Å². The summed E-state index contributed by atoms with van der Waals surface area (Å²) in [5.41, 5.74) is 11.7. The number of nitrogens with zero attached hydrogens (tertiary/aromatic N) is 2. The van der Waals surface area contributed by atoms with Gasteiger partial charge in [-0.25, -0.2) is 0 Å². The molecule has 0 fully saturated rings. The molecular formula is C54H36N2S2. The Morgan fingerprint density at radius 1 is 0.224 bits per heavy atom. The van der Waals surface area contributed by atoms with Gasteiger partial charge in [0.05, 0.1) is 0 Å². The van der Waals surface area contributed by atoms with Crippen molar-refractivity contribution in [2.75, 3.05) is 9.80 Å². The zero-order valence-electron chi connectivity index (χ0n) is 31.5. The Morgan fingerprint density at radius 2 is 0.552 bits per heavy atom. The maximum Gasteiger partial charge on any atom is 0.0476 e. The minimum absolute atomic E-state index is 1.12. The van der Waals surface area contributed by atoms with Crippen molar-refractivity contribution in [3.05, 3.63) is 218 Å². The normalized spacial score (nSPS) is 11.4. The Balaban J connectivity index is 0.901. The lowest BCUT2D eigenvalue weighted by molar-refractivity contribution is 1.28. The maximum atomic E-state index is 2.35. The molecule has 0 saturated carbocycles. The van der Waals surface area contributed by atoms with Gasteiger partial charge in [-0.3, -0.25) is 0 Å². The molecule has 4 heteroatoms. The van der Waals surface area contributed by atoms with Crippen LogP contribution in [-0.2, 0) is 0 Å². The highest BCUT2D eigenvalue weighted by Gasteiger charge is 2.16. The smallest absolute Gasteiger partial charge is 0.0476 e. The average Bonchev–Trinajstić information content (AvgIpc) is 3.85. The Labute approximate surface area is 345 Å². The zero-order valence-corrected chi connectivity index (χ0v) is 33.1. The van der Waals surface area contributed by atoms with Crippen molar-refractivity contribution >= 4 is 97.1 Å². The van der Waals surface area contributed by atoms with E-state index in [4.69, 9.17) is 0 Å². The zero-order chi connectivity index (χ0) is 38.4. The quantitative estimate of drug-likeness (QED) is 0.152. The number of thiophene rings is 2. The third-order valence-corrected chi connectivity index (χ3v) is 13.3. The highest BCUT2D eigenvalue weighted by atomic mass is 32.1. The van der Waals surface area contributed by atoms with Gasteiger partial charge in [-0.15, -0.1) is 22.7 Å². The molecule has 0 aliphatic heterocycles. The molecule has 0 atom stereocenters. The molecule has 11 rings (SSSR count). The number of para-hydroxylation sites is 3. The van der Waals surface area contributed by atoms with E-state index in [0.717, 1.165) is 34.1 Å². The van der Waals surface area contributed by atoms with Crippen LogP contribution in [-0.4, -0.2) is 0 Å². The first-order chi connectivity index (χ1) is 28.7. The lowest BCUT2D eigenvalue weighted by Crippen LogP contribution is -2.09. The van der Waals surface area contributed by atoms with E-state index in [1.165, 1.54) is 62.6 Å². The topological polar surface area (TPSA) is 6.48 Å². The molecule has 0 bridgehead atoms. The molecule has 0 saturated heterocycles. The van der Waals surface area contributed by atoms with Gasteiger partial charge in [0.2, 0.25) is 0 Å². The lowest BCUT2D eigenvalue weighted by atomic mass is 10.0. The summed E-state index contributed by atoms with van der Waals surface area (Å²) in [6, 6.07) is 79.2. The SMILES string of the molecule is c1ccc(N(c2ccc(-c3ccc4c(c3)sc3ccccc34)cc2)c2ccc(-c3ccc4c(c3)sc3cc(N(c5ccccc5)c5ccccc5)ccc34)cc2)cc1. The molecule has 274 valence electrons. The molecule has 0 N–H and O–H groups in total. The van der Waals surface area contributed by atoms with Crippen LogP contribution < -0.4 is 9.80 Å². The van der Waals surface area contributed by atoms with Crippen LogP contribution in [0.1, 0.15) is 0 Å². The molecule has 0 aliphatic carbocycles. The summed E-state index contributed by atoms with van der Waals surface area (Å²) in [5.74, 6) is 0. The fourth-order valence-electron chi connectivity index (χ4n) is 8.22. The minimum atomic E-state index is 1.12. The molecule has 0 unspecified atom stereocenters. The Bertz CT molecular complexity index is 3170. The van der Waals surface area contributed by atoms with Gasteiger partial charge in [0.1, 0.15) is 0 Å². The van der Waals surface area contributed by atoms with Crippen LogP contribution in [0.25, 0.3) is 62.6 Å². The van der Waals surface area contributed by atoms with Crippen LogP contribution >= 0.6 is 22.7 Å². The van der Waals surface area contributed by atoms with Gasteiger partial charge in [-0.1, -0.05) is 127 Å². The van der Waals surface area contributed by atoms with Crippen molar-refractivity contribution < 1.29 is 0 Å². The summed E-state index contributed by atoms with van der Waals surface area (Å²) in [6.45, 7) is 0. The number of benzene rings is 9. The molecule has 0 radical (unpaired) electrons. The summed E-state index contributed by atoms with van der Waals surface area (Å²) in [6.07, 6.45) is 0. The largest absolute Gasteiger partial charge is 0.311 e. The number of rotatable bonds is 8. The van der Waals surface area contributed by atoms with Crippen LogP contribution in [0.3, 0.4) is 0 Å². The van der Waals surface area contributed by atoms with Crippen LogP contribution in [0, 0.1) is 0 Å². The molecular weight excluding hydrogens is 741 g/mol. The fourth-order valence-corrected chi connectivity index (χ4v) is 10.5. The second-order valence-electron chi connectivity index (χ2n) is 14.6. The standard InChI is InChI=1S/C54H36N2S2/c1-4-12-41(13-5-1)55(44-26-20-37(21-27-44)39-24-31-48-47-18-10-11-19-51(47)57-52(48)34-39)45-28-22-38(23-29-45)40-25-32-49-50-33-30-46(36-54(50)58-53(49)35-40)56(42-14-6-2-7-15-42)43-16-8-3-9-17-43/h1-36H. The van der Waals surface area contributed by atoms with Crippen LogP contribution in [0.2, 0.25) is 0 Å². The van der Waals surface area contributed by atoms with Gasteiger partial charge >= 0.3 is 0 Å². The minimum Gasteiger partial charge on any atom is -0.311 e. The summed E-state index contributed by atoms with van der Waals surface area (Å²) < 4.78 is 5.22. The molecule has 0 spiro atoms. The van der Waals surface area contributed by atoms with E-state index in [2.05, 4.69) is 228 Å². The molecule has 58 heavy (non-hydrogen) atoms. The van der Waals surface area contributed by atoms with E-state index in [1.807, 2.05) is 22.7 Å². The van der Waals surface area contributed by atoms with Gasteiger partial charge in [0.25, 0.3) is 0 Å². The van der Waals surface area contributed by atoms with E-state index < -0.39 is 0 Å². The summed E-state index contributed by atoms with van der Waals surface area (Å²) in [4.78, 5) is 4.67. The first-order valence-electron chi connectivity index (χ1n) is 19.6. The summed E-state index contributed by atoms with van der Waals surface area (Å²) in [7, 11) is 0. The summed E-state index contributed by atoms with van der Waals surface area (Å²) >= 11 is 3.73. The second-order valence-corrected chi connectivity index (χ2v) is 16.7. The summed E-state index contributed by atoms with van der Waals surface area (Å²) in [5, 5.41) is 5.24. The molecule has 0 aliphatic rings. The average molecular weight is 777 g/mol. The molecule has 0 amide bonds. The first kappa shape index (κ1) is 34.3. The van der Waals surface area contributed by atoms with Gasteiger partial charge in [0, 0.05) is 74.5 Å². The third-order valence-electron chi connectivity index (χ3n) is 11.1. The number of fused-ring (bicyclic) bond motifs is 6. The maximum absolute atomic E-state index is 2.35. The van der Waals surface area contributed by atoms with Crippen molar-refractivity contribution in [2.45, 2.75) is 0 Å².